The SMILES string of the molecule is COc1ccccc1C1CNCCN1CC(=O)NCc1cccc(Cl)c1.Cl. The highest BCUT2D eigenvalue weighted by atomic mass is 35.5. The molecule has 0 bridgehead atoms. The van der Waals surface area contributed by atoms with E-state index in [1.807, 2.05) is 42.5 Å². The van der Waals surface area contributed by atoms with E-state index in [-0.39, 0.29) is 24.4 Å². The summed E-state index contributed by atoms with van der Waals surface area (Å²) in [6.45, 7) is 3.30. The number of para-hydroxylation sites is 1. The third-order valence-corrected chi connectivity index (χ3v) is 4.81. The van der Waals surface area contributed by atoms with Gasteiger partial charge in [-0.2, -0.15) is 0 Å². The molecule has 1 saturated heterocycles. The van der Waals surface area contributed by atoms with Crippen molar-refractivity contribution in [3.63, 3.8) is 0 Å². The minimum Gasteiger partial charge on any atom is -0.496 e. The van der Waals surface area contributed by atoms with Crippen LogP contribution in [0.25, 0.3) is 0 Å². The first-order valence-electron chi connectivity index (χ1n) is 8.76. The number of carbonyl (C=O) groups excluding carboxylic acids is 1. The first-order valence-corrected chi connectivity index (χ1v) is 9.14. The monoisotopic (exact) mass is 409 g/mol. The Morgan fingerprint density at radius 1 is 1.30 bits per heavy atom. The summed E-state index contributed by atoms with van der Waals surface area (Å²) in [4.78, 5) is 14.7. The van der Waals surface area contributed by atoms with Gasteiger partial charge < -0.3 is 15.4 Å². The third kappa shape index (κ3) is 5.84. The molecule has 0 radical (unpaired) electrons. The Labute approximate surface area is 171 Å². The summed E-state index contributed by atoms with van der Waals surface area (Å²) in [5, 5.41) is 7.07. The molecule has 1 unspecified atom stereocenters. The van der Waals surface area contributed by atoms with Gasteiger partial charge in [0.2, 0.25) is 5.91 Å². The van der Waals surface area contributed by atoms with Gasteiger partial charge >= 0.3 is 0 Å². The van der Waals surface area contributed by atoms with Crippen molar-refractivity contribution in [2.75, 3.05) is 33.3 Å². The van der Waals surface area contributed by atoms with E-state index in [1.54, 1.807) is 7.11 Å². The number of nitrogens with zero attached hydrogens (tertiary/aromatic N) is 1. The lowest BCUT2D eigenvalue weighted by Gasteiger charge is -2.36. The van der Waals surface area contributed by atoms with Crippen molar-refractivity contribution in [2.24, 2.45) is 0 Å². The molecule has 3 rings (SSSR count). The number of methoxy groups -OCH3 is 1. The molecule has 1 fully saturated rings. The zero-order valence-electron chi connectivity index (χ0n) is 15.3. The lowest BCUT2D eigenvalue weighted by molar-refractivity contribution is -0.123. The lowest BCUT2D eigenvalue weighted by Crippen LogP contribution is -2.49. The van der Waals surface area contributed by atoms with Gasteiger partial charge in [-0.05, 0) is 23.8 Å². The molecule has 5 nitrogen and oxygen atoms in total. The maximum Gasteiger partial charge on any atom is 0.234 e. The molecule has 1 heterocycles. The molecule has 0 aliphatic carbocycles. The molecule has 27 heavy (non-hydrogen) atoms. The topological polar surface area (TPSA) is 53.6 Å². The standard InChI is InChI=1S/C20H24ClN3O2.ClH/c1-26-19-8-3-2-7-17(19)18-13-22-9-10-24(18)14-20(25)23-12-15-5-4-6-16(21)11-15;/h2-8,11,18,22H,9-10,12-14H2,1H3,(H,23,25);1H. The average Bonchev–Trinajstić information content (AvgIpc) is 2.67. The van der Waals surface area contributed by atoms with Crippen LogP contribution < -0.4 is 15.4 Å². The summed E-state index contributed by atoms with van der Waals surface area (Å²) in [5.41, 5.74) is 2.09. The van der Waals surface area contributed by atoms with Gasteiger partial charge in [-0.15, -0.1) is 12.4 Å². The maximum absolute atomic E-state index is 12.5. The number of carbonyl (C=O) groups is 1. The van der Waals surface area contributed by atoms with Crippen LogP contribution in [-0.4, -0.2) is 44.1 Å². The number of ether oxygens (including phenoxy) is 1. The van der Waals surface area contributed by atoms with Gasteiger partial charge in [-0.25, -0.2) is 0 Å². The highest BCUT2D eigenvalue weighted by Crippen LogP contribution is 2.29. The first kappa shape index (κ1) is 21.5. The normalized spacial score (nSPS) is 17.0. The van der Waals surface area contributed by atoms with E-state index in [4.69, 9.17) is 16.3 Å². The van der Waals surface area contributed by atoms with Gasteiger partial charge in [0.05, 0.1) is 19.7 Å². The van der Waals surface area contributed by atoms with Gasteiger partial charge in [0.1, 0.15) is 5.75 Å². The second-order valence-corrected chi connectivity index (χ2v) is 6.78. The minimum absolute atomic E-state index is 0. The van der Waals surface area contributed by atoms with Crippen LogP contribution >= 0.6 is 24.0 Å². The molecule has 7 heteroatoms. The van der Waals surface area contributed by atoms with E-state index < -0.39 is 0 Å². The summed E-state index contributed by atoms with van der Waals surface area (Å²) in [6.07, 6.45) is 0. The van der Waals surface area contributed by atoms with Crippen LogP contribution in [0.5, 0.6) is 5.75 Å². The number of benzene rings is 2. The van der Waals surface area contributed by atoms with Crippen LogP contribution in [0.15, 0.2) is 48.5 Å². The Morgan fingerprint density at radius 2 is 2.11 bits per heavy atom. The van der Waals surface area contributed by atoms with E-state index in [1.165, 1.54) is 0 Å². The zero-order valence-corrected chi connectivity index (χ0v) is 16.9. The minimum atomic E-state index is 0. The molecule has 1 amide bonds. The highest BCUT2D eigenvalue weighted by Gasteiger charge is 2.27. The predicted molar refractivity (Wildman–Crippen MR) is 111 cm³/mol. The second-order valence-electron chi connectivity index (χ2n) is 6.34. The molecular weight excluding hydrogens is 385 g/mol. The molecule has 0 aromatic heterocycles. The molecule has 1 aliphatic rings. The predicted octanol–water partition coefficient (Wildman–Crippen LogP) is 3.03. The van der Waals surface area contributed by atoms with Gasteiger partial charge in [-0.1, -0.05) is 41.9 Å². The van der Waals surface area contributed by atoms with Gasteiger partial charge in [-0.3, -0.25) is 9.69 Å². The molecule has 146 valence electrons. The molecule has 2 aromatic carbocycles. The van der Waals surface area contributed by atoms with Crippen LogP contribution in [0.2, 0.25) is 5.02 Å². The molecule has 2 aromatic rings. The van der Waals surface area contributed by atoms with E-state index >= 15 is 0 Å². The maximum atomic E-state index is 12.5. The molecule has 2 N–H and O–H groups in total. The Morgan fingerprint density at radius 3 is 2.89 bits per heavy atom. The number of hydrogen-bond donors (Lipinski definition) is 2. The largest absolute Gasteiger partial charge is 0.496 e. The van der Waals surface area contributed by atoms with E-state index in [9.17, 15) is 4.79 Å². The molecule has 0 spiro atoms. The summed E-state index contributed by atoms with van der Waals surface area (Å²) in [7, 11) is 1.68. The molecule has 1 aliphatic heterocycles. The summed E-state index contributed by atoms with van der Waals surface area (Å²) >= 11 is 5.99. The second kappa shape index (κ2) is 10.5. The number of amides is 1. The van der Waals surface area contributed by atoms with Gasteiger partial charge in [0.25, 0.3) is 0 Å². The summed E-state index contributed by atoms with van der Waals surface area (Å²) in [5.74, 6) is 0.859. The highest BCUT2D eigenvalue weighted by molar-refractivity contribution is 6.30. The van der Waals surface area contributed by atoms with Crippen LogP contribution in [0.4, 0.5) is 0 Å². The number of rotatable bonds is 6. The fourth-order valence-corrected chi connectivity index (χ4v) is 3.48. The fourth-order valence-electron chi connectivity index (χ4n) is 3.27. The Bertz CT molecular complexity index is 758. The summed E-state index contributed by atoms with van der Waals surface area (Å²) in [6, 6.07) is 15.6. The van der Waals surface area contributed by atoms with E-state index in [0.29, 0.717) is 18.1 Å². The van der Waals surface area contributed by atoms with Crippen LogP contribution in [0.1, 0.15) is 17.2 Å². The van der Waals surface area contributed by atoms with Crippen LogP contribution in [0, 0.1) is 0 Å². The Kier molecular flexibility index (Phi) is 8.38. The number of piperazine rings is 1. The van der Waals surface area contributed by atoms with Crippen molar-refractivity contribution in [3.8, 4) is 5.75 Å². The van der Waals surface area contributed by atoms with Crippen molar-refractivity contribution < 1.29 is 9.53 Å². The van der Waals surface area contributed by atoms with Crippen molar-refractivity contribution in [1.82, 2.24) is 15.5 Å². The fraction of sp³-hybridized carbons (Fsp3) is 0.350. The average molecular weight is 410 g/mol. The smallest absolute Gasteiger partial charge is 0.234 e. The number of hydrogen-bond acceptors (Lipinski definition) is 4. The van der Waals surface area contributed by atoms with Gasteiger partial charge in [0.15, 0.2) is 0 Å². The third-order valence-electron chi connectivity index (χ3n) is 4.58. The van der Waals surface area contributed by atoms with Crippen molar-refractivity contribution >= 4 is 29.9 Å². The van der Waals surface area contributed by atoms with Crippen LogP contribution in [0.3, 0.4) is 0 Å². The van der Waals surface area contributed by atoms with E-state index in [2.05, 4.69) is 21.6 Å². The molecular formula is C20H25Cl2N3O2. The molecule has 1 atom stereocenters. The first-order chi connectivity index (χ1) is 12.7. The number of halogens is 2. The Hall–Kier alpha value is -1.79. The Balaban J connectivity index is 0.00000261. The van der Waals surface area contributed by atoms with E-state index in [0.717, 1.165) is 36.5 Å². The van der Waals surface area contributed by atoms with Crippen LogP contribution in [-0.2, 0) is 11.3 Å². The zero-order chi connectivity index (χ0) is 18.4. The summed E-state index contributed by atoms with van der Waals surface area (Å²) < 4.78 is 5.50. The van der Waals surface area contributed by atoms with Gasteiger partial charge in [0, 0.05) is 36.8 Å². The van der Waals surface area contributed by atoms with Crippen molar-refractivity contribution in [3.05, 3.63) is 64.7 Å². The quantitative estimate of drug-likeness (QED) is 0.769. The number of nitrogens with one attached hydrogen (secondary N) is 2. The lowest BCUT2D eigenvalue weighted by atomic mass is 10.0. The van der Waals surface area contributed by atoms with Crippen molar-refractivity contribution in [2.45, 2.75) is 12.6 Å². The van der Waals surface area contributed by atoms with Crippen molar-refractivity contribution in [1.29, 1.82) is 0 Å². The molecule has 0 saturated carbocycles.